The predicted molar refractivity (Wildman–Crippen MR) is 115 cm³/mol. The summed E-state index contributed by atoms with van der Waals surface area (Å²) in [4.78, 5) is 69.9. The monoisotopic (exact) mass is 474 g/mol. The minimum Gasteiger partial charge on any atom is -0.459 e. The van der Waals surface area contributed by atoms with Gasteiger partial charge in [0.2, 0.25) is 0 Å². The summed E-state index contributed by atoms with van der Waals surface area (Å²) < 4.78 is 27.8. The number of hydrogen-bond acceptors (Lipinski definition) is 12. The van der Waals surface area contributed by atoms with E-state index in [1.165, 1.54) is 13.8 Å². The van der Waals surface area contributed by atoms with Crippen molar-refractivity contribution >= 4 is 50.5 Å². The number of carbonyl (C=O) groups is 6. The van der Waals surface area contributed by atoms with Crippen molar-refractivity contribution in [3.05, 3.63) is 67.0 Å². The van der Waals surface area contributed by atoms with Gasteiger partial charge in [0.15, 0.2) is 0 Å². The van der Waals surface area contributed by atoms with E-state index in [4.69, 9.17) is 14.0 Å². The highest BCUT2D eigenvalue weighted by molar-refractivity contribution is 6.46. The van der Waals surface area contributed by atoms with Crippen LogP contribution in [0.2, 0.25) is 0 Å². The van der Waals surface area contributed by atoms with E-state index in [0.717, 1.165) is 19.1 Å². The summed E-state index contributed by atoms with van der Waals surface area (Å²) in [6.07, 6.45) is 2.01. The Labute approximate surface area is 195 Å². The van der Waals surface area contributed by atoms with Gasteiger partial charge in [0, 0.05) is 23.3 Å². The van der Waals surface area contributed by atoms with Gasteiger partial charge in [0.25, 0.3) is 0 Å². The van der Waals surface area contributed by atoms with Crippen molar-refractivity contribution in [2.24, 2.45) is 0 Å². The van der Waals surface area contributed by atoms with Gasteiger partial charge in [-0.2, -0.15) is 0 Å². The number of hydrogen-bond donors (Lipinski definition) is 0. The normalized spacial score (nSPS) is 8.91. The molecule has 0 spiro atoms. The van der Waals surface area contributed by atoms with E-state index in [0.29, 0.717) is 6.08 Å². The molecule has 0 bridgehead atoms. The first-order valence-electron chi connectivity index (χ1n) is 9.04. The minimum atomic E-state index is -2.09. The highest BCUT2D eigenvalue weighted by atomic mass is 16.8. The molecule has 0 heterocycles. The lowest BCUT2D eigenvalue weighted by Gasteiger charge is -2.13. The molecular formula is C20H20B2O12. The topological polar surface area (TPSA) is 158 Å². The van der Waals surface area contributed by atoms with Crippen LogP contribution in [0.1, 0.15) is 20.8 Å². The zero-order chi connectivity index (χ0) is 26.4. The molecule has 0 unspecified atom stereocenters. The van der Waals surface area contributed by atoms with E-state index < -0.39 is 50.5 Å². The zero-order valence-electron chi connectivity index (χ0n) is 18.6. The van der Waals surface area contributed by atoms with E-state index in [1.54, 1.807) is 0 Å². The Bertz CT molecular complexity index is 938. The van der Waals surface area contributed by atoms with Gasteiger partial charge in [-0.15, -0.1) is 5.73 Å². The lowest BCUT2D eigenvalue weighted by molar-refractivity contribution is -0.145. The lowest BCUT2D eigenvalue weighted by atomic mass is 10.2. The van der Waals surface area contributed by atoms with Crippen molar-refractivity contribution in [1.29, 1.82) is 0 Å². The molecule has 0 aliphatic heterocycles. The van der Waals surface area contributed by atoms with E-state index in [-0.39, 0.29) is 16.7 Å². The fraction of sp³-hybridized carbons (Fsp3) is 0.150. The average Bonchev–Trinajstić information content (AvgIpc) is 2.76. The maximum Gasteiger partial charge on any atom is 0.870 e. The first-order valence-corrected chi connectivity index (χ1v) is 9.04. The van der Waals surface area contributed by atoms with Crippen molar-refractivity contribution < 1.29 is 56.7 Å². The zero-order valence-corrected chi connectivity index (χ0v) is 18.6. The summed E-state index contributed by atoms with van der Waals surface area (Å²) in [5.41, 5.74) is 1.66. The largest absolute Gasteiger partial charge is 0.870 e. The second-order valence-electron chi connectivity index (χ2n) is 5.99. The van der Waals surface area contributed by atoms with Crippen LogP contribution in [0.15, 0.2) is 67.0 Å². The third-order valence-electron chi connectivity index (χ3n) is 2.99. The molecule has 0 aliphatic carbocycles. The molecule has 0 radical (unpaired) electrons. The molecular weight excluding hydrogens is 454 g/mol. The summed E-state index contributed by atoms with van der Waals surface area (Å²) in [6, 6.07) is 0. The van der Waals surface area contributed by atoms with E-state index in [2.05, 4.69) is 46.0 Å². The van der Waals surface area contributed by atoms with Gasteiger partial charge < -0.3 is 27.9 Å². The summed E-state index contributed by atoms with van der Waals surface area (Å²) in [5, 5.41) is 0. The van der Waals surface area contributed by atoms with Crippen LogP contribution in [0, 0.1) is 0 Å². The molecule has 0 rings (SSSR count). The summed E-state index contributed by atoms with van der Waals surface area (Å²) >= 11 is 0. The van der Waals surface area contributed by atoms with Crippen LogP contribution in [0.25, 0.3) is 0 Å². The first kappa shape index (κ1) is 29.4. The third-order valence-corrected chi connectivity index (χ3v) is 2.99. The molecule has 34 heavy (non-hydrogen) atoms. The van der Waals surface area contributed by atoms with Crippen LogP contribution in [0.5, 0.6) is 0 Å². The van der Waals surface area contributed by atoms with Gasteiger partial charge in [0.1, 0.15) is 0 Å². The molecule has 0 aromatic heterocycles. The maximum atomic E-state index is 12.2. The van der Waals surface area contributed by atoms with Crippen molar-refractivity contribution in [2.45, 2.75) is 20.8 Å². The summed E-state index contributed by atoms with van der Waals surface area (Å²) in [7, 11) is -4.17. The SMILES string of the molecule is C=CC(=O)OB(OC(=O)C=C)OC(=O)C=C=C(C)C(=O)OB(OC(=O)C(=C)C)OC(=O)C(=C)C. The molecule has 0 saturated heterocycles. The van der Waals surface area contributed by atoms with Gasteiger partial charge in [-0.1, -0.05) is 26.3 Å². The van der Waals surface area contributed by atoms with Crippen molar-refractivity contribution in [1.82, 2.24) is 0 Å². The Hall–Kier alpha value is -4.57. The summed E-state index contributed by atoms with van der Waals surface area (Å²) in [6.45, 7) is 16.7. The fourth-order valence-electron chi connectivity index (χ4n) is 1.34. The standard InChI is InChI=1S/C20H20B2O12/c1-8-15(23)29-21(30-16(24)9-2)31-17(25)11-10-14(7)20(28)34-22(32-18(26)12(3)4)33-19(27)13(5)6/h8-9,11H,1-3,5H2,4,6-7H3. The Morgan fingerprint density at radius 3 is 1.35 bits per heavy atom. The fourth-order valence-corrected chi connectivity index (χ4v) is 1.34. The molecule has 14 heteroatoms. The van der Waals surface area contributed by atoms with E-state index >= 15 is 0 Å². The molecule has 0 aromatic rings. The van der Waals surface area contributed by atoms with Gasteiger partial charge >= 0.3 is 50.5 Å². The number of carbonyl (C=O) groups excluding carboxylic acids is 6. The quantitative estimate of drug-likeness (QED) is 0.223. The van der Waals surface area contributed by atoms with E-state index in [1.807, 2.05) is 0 Å². The Kier molecular flexibility index (Phi) is 12.5. The predicted octanol–water partition coefficient (Wildman–Crippen LogP) is 0.841. The molecule has 0 atom stereocenters. The molecule has 0 amide bonds. The molecule has 0 fully saturated rings. The molecule has 0 saturated carbocycles. The number of rotatable bonds is 12. The Morgan fingerprint density at radius 2 is 0.971 bits per heavy atom. The summed E-state index contributed by atoms with van der Waals surface area (Å²) in [5.74, 6) is -6.68. The second kappa shape index (κ2) is 14.5. The van der Waals surface area contributed by atoms with Gasteiger partial charge in [-0.25, -0.2) is 28.8 Å². The maximum absolute atomic E-state index is 12.2. The van der Waals surface area contributed by atoms with Gasteiger partial charge in [0.05, 0.1) is 11.6 Å². The minimum absolute atomic E-state index is 0.0776. The average molecular weight is 474 g/mol. The Morgan fingerprint density at radius 1 is 0.618 bits per heavy atom. The third kappa shape index (κ3) is 11.7. The molecule has 0 N–H and O–H groups in total. The highest BCUT2D eigenvalue weighted by Crippen LogP contribution is 2.06. The van der Waals surface area contributed by atoms with Crippen LogP contribution in [-0.4, -0.2) is 50.5 Å². The second-order valence-corrected chi connectivity index (χ2v) is 5.99. The lowest BCUT2D eigenvalue weighted by Crippen LogP contribution is -2.35. The first-order chi connectivity index (χ1) is 15.8. The highest BCUT2D eigenvalue weighted by Gasteiger charge is 2.37. The molecule has 12 nitrogen and oxygen atoms in total. The molecule has 0 aromatic carbocycles. The molecule has 0 aliphatic rings. The van der Waals surface area contributed by atoms with Gasteiger partial charge in [-0.3, -0.25) is 0 Å². The van der Waals surface area contributed by atoms with Crippen molar-refractivity contribution in [2.75, 3.05) is 0 Å². The van der Waals surface area contributed by atoms with Gasteiger partial charge in [-0.05, 0) is 20.8 Å². The van der Waals surface area contributed by atoms with Crippen LogP contribution in [0.3, 0.4) is 0 Å². The van der Waals surface area contributed by atoms with E-state index in [9.17, 15) is 28.8 Å². The van der Waals surface area contributed by atoms with Crippen LogP contribution < -0.4 is 0 Å². The van der Waals surface area contributed by atoms with Crippen molar-refractivity contribution in [3.8, 4) is 0 Å². The van der Waals surface area contributed by atoms with Crippen molar-refractivity contribution in [3.63, 3.8) is 0 Å². The van der Waals surface area contributed by atoms with Crippen LogP contribution in [-0.2, 0) is 56.7 Å². The smallest absolute Gasteiger partial charge is 0.459 e. The molecule has 178 valence electrons. The van der Waals surface area contributed by atoms with Crippen LogP contribution in [0.4, 0.5) is 0 Å². The Balaban J connectivity index is 5.44. The van der Waals surface area contributed by atoms with Crippen LogP contribution >= 0.6 is 0 Å².